The van der Waals surface area contributed by atoms with E-state index in [2.05, 4.69) is 10.4 Å². The van der Waals surface area contributed by atoms with Gasteiger partial charge in [-0.1, -0.05) is 0 Å². The van der Waals surface area contributed by atoms with Crippen LogP contribution in [0.1, 0.15) is 17.0 Å². The summed E-state index contributed by atoms with van der Waals surface area (Å²) >= 11 is 0. The van der Waals surface area contributed by atoms with Crippen molar-refractivity contribution in [3.63, 3.8) is 0 Å². The smallest absolute Gasteiger partial charge is 0.123 e. The van der Waals surface area contributed by atoms with Crippen molar-refractivity contribution in [3.8, 4) is 0 Å². The van der Waals surface area contributed by atoms with Crippen molar-refractivity contribution in [2.24, 2.45) is 7.05 Å². The highest BCUT2D eigenvalue weighted by Gasteiger charge is 2.03. The summed E-state index contributed by atoms with van der Waals surface area (Å²) in [6.07, 6.45) is 0. The fraction of sp³-hybridized carbons (Fsp3) is 0.308. The second-order valence-corrected chi connectivity index (χ2v) is 4.21. The number of aromatic nitrogens is 2. The molecule has 17 heavy (non-hydrogen) atoms. The predicted octanol–water partition coefficient (Wildman–Crippen LogP) is 2.79. The zero-order valence-corrected chi connectivity index (χ0v) is 10.3. The lowest BCUT2D eigenvalue weighted by Gasteiger charge is -2.09. The van der Waals surface area contributed by atoms with Crippen LogP contribution in [0.3, 0.4) is 0 Å². The van der Waals surface area contributed by atoms with Gasteiger partial charge >= 0.3 is 0 Å². The Bertz CT molecular complexity index is 531. The van der Waals surface area contributed by atoms with Gasteiger partial charge in [0.1, 0.15) is 5.82 Å². The molecule has 0 saturated heterocycles. The minimum Gasteiger partial charge on any atom is -0.379 e. The molecule has 0 unspecified atom stereocenters. The maximum atomic E-state index is 12.9. The van der Waals surface area contributed by atoms with Gasteiger partial charge in [-0.2, -0.15) is 5.10 Å². The summed E-state index contributed by atoms with van der Waals surface area (Å²) in [7, 11) is 1.92. The molecule has 1 heterocycles. The Hall–Kier alpha value is -1.84. The number of halogens is 1. The van der Waals surface area contributed by atoms with Crippen molar-refractivity contribution in [2.45, 2.75) is 20.4 Å². The Kier molecular flexibility index (Phi) is 3.13. The van der Waals surface area contributed by atoms with Crippen molar-refractivity contribution in [3.05, 3.63) is 47.0 Å². The van der Waals surface area contributed by atoms with E-state index in [1.54, 1.807) is 6.07 Å². The highest BCUT2D eigenvalue weighted by Crippen LogP contribution is 2.16. The molecule has 0 saturated carbocycles. The monoisotopic (exact) mass is 233 g/mol. The zero-order chi connectivity index (χ0) is 12.4. The lowest BCUT2D eigenvalue weighted by Crippen LogP contribution is -2.06. The van der Waals surface area contributed by atoms with E-state index >= 15 is 0 Å². The number of nitrogens with zero attached hydrogens (tertiary/aromatic N) is 2. The number of nitrogens with one attached hydrogen (secondary N) is 1. The van der Waals surface area contributed by atoms with Gasteiger partial charge in [0.05, 0.1) is 17.9 Å². The Morgan fingerprint density at radius 2 is 2.06 bits per heavy atom. The second kappa shape index (κ2) is 4.57. The van der Waals surface area contributed by atoms with Gasteiger partial charge in [0.2, 0.25) is 0 Å². The van der Waals surface area contributed by atoms with Crippen LogP contribution in [0.4, 0.5) is 10.1 Å². The molecule has 0 aliphatic rings. The summed E-state index contributed by atoms with van der Waals surface area (Å²) in [5, 5.41) is 7.56. The molecule has 2 rings (SSSR count). The molecular formula is C13H16FN3. The van der Waals surface area contributed by atoms with E-state index in [0.29, 0.717) is 6.54 Å². The molecule has 1 aromatic carbocycles. The van der Waals surface area contributed by atoms with Crippen molar-refractivity contribution >= 4 is 5.69 Å². The second-order valence-electron chi connectivity index (χ2n) is 4.21. The van der Waals surface area contributed by atoms with E-state index in [0.717, 1.165) is 22.6 Å². The SMILES string of the molecule is Cc1cc(CNc2ccc(F)cc2C)n(C)n1. The highest BCUT2D eigenvalue weighted by molar-refractivity contribution is 5.50. The molecule has 0 radical (unpaired) electrons. The van der Waals surface area contributed by atoms with Gasteiger partial charge in [-0.05, 0) is 43.7 Å². The molecule has 0 spiro atoms. The maximum absolute atomic E-state index is 12.9. The van der Waals surface area contributed by atoms with E-state index in [-0.39, 0.29) is 5.82 Å². The topological polar surface area (TPSA) is 29.9 Å². The molecule has 3 nitrogen and oxygen atoms in total. The first kappa shape index (κ1) is 11.6. The van der Waals surface area contributed by atoms with Crippen LogP contribution in [0, 0.1) is 19.7 Å². The van der Waals surface area contributed by atoms with Crippen LogP contribution in [0.2, 0.25) is 0 Å². The van der Waals surface area contributed by atoms with Crippen LogP contribution >= 0.6 is 0 Å². The molecule has 1 aromatic heterocycles. The maximum Gasteiger partial charge on any atom is 0.123 e. The first-order valence-electron chi connectivity index (χ1n) is 5.56. The van der Waals surface area contributed by atoms with Crippen molar-refractivity contribution in [2.75, 3.05) is 5.32 Å². The van der Waals surface area contributed by atoms with Crippen molar-refractivity contribution < 1.29 is 4.39 Å². The molecule has 4 heteroatoms. The van der Waals surface area contributed by atoms with Gasteiger partial charge in [-0.3, -0.25) is 4.68 Å². The molecule has 0 aliphatic carbocycles. The van der Waals surface area contributed by atoms with E-state index in [1.165, 1.54) is 12.1 Å². The quantitative estimate of drug-likeness (QED) is 0.883. The normalized spacial score (nSPS) is 10.6. The third kappa shape index (κ3) is 2.64. The Balaban J connectivity index is 2.10. The number of hydrogen-bond acceptors (Lipinski definition) is 2. The third-order valence-electron chi connectivity index (χ3n) is 2.75. The third-order valence-corrected chi connectivity index (χ3v) is 2.75. The van der Waals surface area contributed by atoms with Gasteiger partial charge in [0, 0.05) is 12.7 Å². The molecular weight excluding hydrogens is 217 g/mol. The molecule has 0 aliphatic heterocycles. The lowest BCUT2D eigenvalue weighted by molar-refractivity contribution is 0.626. The van der Waals surface area contributed by atoms with Gasteiger partial charge in [-0.15, -0.1) is 0 Å². The first-order valence-corrected chi connectivity index (χ1v) is 5.56. The minimum absolute atomic E-state index is 0.204. The summed E-state index contributed by atoms with van der Waals surface area (Å²) in [6.45, 7) is 4.54. The van der Waals surface area contributed by atoms with E-state index in [9.17, 15) is 4.39 Å². The largest absolute Gasteiger partial charge is 0.379 e. The van der Waals surface area contributed by atoms with Crippen molar-refractivity contribution in [1.29, 1.82) is 0 Å². The summed E-state index contributed by atoms with van der Waals surface area (Å²) in [5.74, 6) is -0.204. The highest BCUT2D eigenvalue weighted by atomic mass is 19.1. The van der Waals surface area contributed by atoms with Crippen LogP contribution in [0.15, 0.2) is 24.3 Å². The fourth-order valence-electron chi connectivity index (χ4n) is 1.84. The summed E-state index contributed by atoms with van der Waals surface area (Å²) in [5.41, 5.74) is 3.96. The average Bonchev–Trinajstić information content (AvgIpc) is 2.56. The summed E-state index contributed by atoms with van der Waals surface area (Å²) < 4.78 is 14.8. The van der Waals surface area contributed by atoms with E-state index in [4.69, 9.17) is 0 Å². The van der Waals surface area contributed by atoms with Crippen LogP contribution in [-0.4, -0.2) is 9.78 Å². The Morgan fingerprint density at radius 3 is 2.65 bits per heavy atom. The van der Waals surface area contributed by atoms with Gasteiger partial charge < -0.3 is 5.32 Å². The standard InChI is InChI=1S/C13H16FN3/c1-9-6-11(14)4-5-13(9)15-8-12-7-10(2)16-17(12)3/h4-7,15H,8H2,1-3H3. The predicted molar refractivity (Wildman–Crippen MR) is 66.4 cm³/mol. The number of benzene rings is 1. The molecule has 0 atom stereocenters. The number of anilines is 1. The molecule has 1 N–H and O–H groups in total. The number of rotatable bonds is 3. The fourth-order valence-corrected chi connectivity index (χ4v) is 1.84. The molecule has 0 amide bonds. The van der Waals surface area contributed by atoms with Crippen molar-refractivity contribution in [1.82, 2.24) is 9.78 Å². The van der Waals surface area contributed by atoms with Crippen LogP contribution < -0.4 is 5.32 Å². The van der Waals surface area contributed by atoms with E-state index < -0.39 is 0 Å². The van der Waals surface area contributed by atoms with Crippen LogP contribution in [0.25, 0.3) is 0 Å². The lowest BCUT2D eigenvalue weighted by atomic mass is 10.2. The number of aryl methyl sites for hydroxylation is 3. The summed E-state index contributed by atoms with van der Waals surface area (Å²) in [6, 6.07) is 6.78. The average molecular weight is 233 g/mol. The minimum atomic E-state index is -0.204. The number of hydrogen-bond donors (Lipinski definition) is 1. The van der Waals surface area contributed by atoms with Gasteiger partial charge in [0.15, 0.2) is 0 Å². The molecule has 2 aromatic rings. The molecule has 0 fully saturated rings. The molecule has 90 valence electrons. The zero-order valence-electron chi connectivity index (χ0n) is 10.3. The van der Waals surface area contributed by atoms with Crippen LogP contribution in [0.5, 0.6) is 0 Å². The van der Waals surface area contributed by atoms with Crippen LogP contribution in [-0.2, 0) is 13.6 Å². The summed E-state index contributed by atoms with van der Waals surface area (Å²) in [4.78, 5) is 0. The van der Waals surface area contributed by atoms with Gasteiger partial charge in [-0.25, -0.2) is 4.39 Å². The Labute approximate surface area is 100 Å². The van der Waals surface area contributed by atoms with E-state index in [1.807, 2.05) is 31.6 Å². The Morgan fingerprint density at radius 1 is 1.29 bits per heavy atom. The molecule has 0 bridgehead atoms. The first-order chi connectivity index (χ1) is 8.06. The van der Waals surface area contributed by atoms with Gasteiger partial charge in [0.25, 0.3) is 0 Å².